The molecular formula is C16H11F4NO4S. The van der Waals surface area contributed by atoms with Crippen molar-refractivity contribution in [3.05, 3.63) is 53.1 Å². The number of aliphatic hydroxyl groups is 1. The number of fused-ring (bicyclic) bond motifs is 1. The molecule has 10 heteroatoms. The molecule has 2 aromatic rings. The van der Waals surface area contributed by atoms with E-state index in [2.05, 4.69) is 0 Å². The molecule has 1 heterocycles. The number of rotatable bonds is 3. The summed E-state index contributed by atoms with van der Waals surface area (Å²) in [6, 6.07) is 9.03. The van der Waals surface area contributed by atoms with Gasteiger partial charge in [-0.15, -0.1) is 10.6 Å². The van der Waals surface area contributed by atoms with E-state index >= 15 is 0 Å². The van der Waals surface area contributed by atoms with E-state index in [1.54, 1.807) is 0 Å². The second-order valence-electron chi connectivity index (χ2n) is 5.44. The van der Waals surface area contributed by atoms with E-state index in [4.69, 9.17) is 10.00 Å². The van der Waals surface area contributed by atoms with Crippen molar-refractivity contribution in [2.24, 2.45) is 0 Å². The van der Waals surface area contributed by atoms with Crippen LogP contribution in [0.4, 0.5) is 17.6 Å². The molecule has 0 saturated carbocycles. The fraction of sp³-hybridized carbons (Fsp3) is 0.188. The number of nitriles is 1. The lowest BCUT2D eigenvalue weighted by atomic mass is 10.0. The van der Waals surface area contributed by atoms with Gasteiger partial charge in [-0.2, -0.15) is 14.0 Å². The monoisotopic (exact) mass is 389 g/mol. The summed E-state index contributed by atoms with van der Waals surface area (Å²) in [5, 5.41) is 14.2. The predicted octanol–water partition coefficient (Wildman–Crippen LogP) is 5.04. The number of ether oxygens (including phenoxy) is 1. The average Bonchev–Trinajstić information content (AvgIpc) is 2.72. The van der Waals surface area contributed by atoms with Gasteiger partial charge in [-0.3, -0.25) is 9.11 Å². The Morgan fingerprint density at radius 2 is 1.88 bits per heavy atom. The molecule has 1 atom stereocenters. The number of hydrogen-bond acceptors (Lipinski definition) is 5. The van der Waals surface area contributed by atoms with Crippen LogP contribution in [0, 0.1) is 11.3 Å². The first-order valence-electron chi connectivity index (χ1n) is 7.08. The minimum atomic E-state index is -4.80. The van der Waals surface area contributed by atoms with Crippen LogP contribution in [0.15, 0.2) is 41.3 Å². The zero-order valence-corrected chi connectivity index (χ0v) is 13.6. The summed E-state index contributed by atoms with van der Waals surface area (Å²) >= 11 is 0. The number of benzene rings is 2. The molecule has 26 heavy (non-hydrogen) atoms. The molecule has 3 N–H and O–H groups in total. The molecule has 1 aliphatic rings. The summed E-state index contributed by atoms with van der Waals surface area (Å²) < 4.78 is 79.8. The van der Waals surface area contributed by atoms with Crippen LogP contribution in [-0.2, 0) is 0 Å². The summed E-state index contributed by atoms with van der Waals surface area (Å²) in [4.78, 5) is -0.844. The fourth-order valence-electron chi connectivity index (χ4n) is 2.67. The maximum absolute atomic E-state index is 14.0. The largest absolute Gasteiger partial charge is 0.457 e. The number of aliphatic hydroxyl groups excluding tert-OH is 1. The van der Waals surface area contributed by atoms with Crippen LogP contribution >= 0.6 is 10.6 Å². The Hall–Kier alpha value is -2.32. The quantitative estimate of drug-likeness (QED) is 0.640. The highest BCUT2D eigenvalue weighted by Gasteiger charge is 2.61. The Morgan fingerprint density at radius 3 is 2.50 bits per heavy atom. The first-order valence-corrected chi connectivity index (χ1v) is 8.62. The summed E-state index contributed by atoms with van der Waals surface area (Å²) in [6.45, 7) is 0. The number of halogens is 4. The highest BCUT2D eigenvalue weighted by Crippen LogP contribution is 2.73. The van der Waals surface area contributed by atoms with E-state index in [1.807, 2.05) is 6.07 Å². The molecule has 1 aliphatic heterocycles. The molecule has 3 rings (SSSR count). The van der Waals surface area contributed by atoms with E-state index in [9.17, 15) is 31.8 Å². The molecule has 2 aromatic carbocycles. The lowest BCUT2D eigenvalue weighted by Gasteiger charge is -2.34. The fourth-order valence-corrected chi connectivity index (χ4v) is 4.18. The normalized spacial score (nSPS) is 21.1. The van der Waals surface area contributed by atoms with Crippen LogP contribution < -0.4 is 4.74 Å². The minimum absolute atomic E-state index is 0.00301. The van der Waals surface area contributed by atoms with Crippen LogP contribution in [0.25, 0.3) is 0 Å². The molecule has 0 spiro atoms. The predicted molar refractivity (Wildman–Crippen MR) is 83.7 cm³/mol. The van der Waals surface area contributed by atoms with Gasteiger partial charge in [-0.05, 0) is 30.3 Å². The van der Waals surface area contributed by atoms with Gasteiger partial charge in [0.2, 0.25) is 0 Å². The molecule has 0 aromatic heterocycles. The van der Waals surface area contributed by atoms with Crippen molar-refractivity contribution in [2.45, 2.75) is 22.7 Å². The number of hydrogen-bond donors (Lipinski definition) is 3. The molecule has 0 amide bonds. The van der Waals surface area contributed by atoms with Crippen LogP contribution in [0.5, 0.6) is 11.5 Å². The second-order valence-corrected chi connectivity index (χ2v) is 7.53. The Morgan fingerprint density at radius 1 is 1.19 bits per heavy atom. The van der Waals surface area contributed by atoms with E-state index in [0.29, 0.717) is 0 Å². The van der Waals surface area contributed by atoms with Crippen LogP contribution in [-0.4, -0.2) is 19.5 Å². The van der Waals surface area contributed by atoms with Gasteiger partial charge in [-0.1, -0.05) is 6.07 Å². The highest BCUT2D eigenvalue weighted by atomic mass is 32.3. The topological polar surface area (TPSA) is 93.7 Å². The molecule has 0 fully saturated rings. The Bertz CT molecular complexity index is 914. The summed E-state index contributed by atoms with van der Waals surface area (Å²) in [5.74, 6) is -0.544. The third-order valence-corrected chi connectivity index (χ3v) is 5.85. The van der Waals surface area contributed by atoms with Crippen LogP contribution in [0.1, 0.15) is 29.2 Å². The van der Waals surface area contributed by atoms with E-state index in [1.165, 1.54) is 24.3 Å². The standard InChI is InChI=1S/C16H11F4NO4S/c17-15(18)12-10(25-9-3-1-2-8(6-9)7-21)4-5-11-13(12)14(22)16(19,20)26(11,23)24/h1-6,14-15,22-24H. The van der Waals surface area contributed by atoms with Gasteiger partial charge >= 0.3 is 5.25 Å². The third-order valence-electron chi connectivity index (χ3n) is 3.89. The Labute approximate surface area is 146 Å². The molecule has 0 bridgehead atoms. The Balaban J connectivity index is 2.16. The van der Waals surface area contributed by atoms with Gasteiger partial charge in [0, 0.05) is 5.56 Å². The second kappa shape index (κ2) is 6.14. The Kier molecular flexibility index (Phi) is 4.36. The van der Waals surface area contributed by atoms with E-state index in [-0.39, 0.29) is 11.3 Å². The smallest absolute Gasteiger partial charge is 0.371 e. The van der Waals surface area contributed by atoms with Crippen molar-refractivity contribution in [2.75, 3.05) is 0 Å². The van der Waals surface area contributed by atoms with E-state index in [0.717, 1.165) is 12.1 Å². The van der Waals surface area contributed by atoms with Crippen molar-refractivity contribution < 1.29 is 36.5 Å². The van der Waals surface area contributed by atoms with Gasteiger partial charge in [0.05, 0.1) is 22.1 Å². The summed E-state index contributed by atoms with van der Waals surface area (Å²) in [6.07, 6.45) is -6.15. The maximum Gasteiger partial charge on any atom is 0.371 e. The van der Waals surface area contributed by atoms with Gasteiger partial charge in [0.1, 0.15) is 11.5 Å². The van der Waals surface area contributed by atoms with Crippen molar-refractivity contribution in [3.63, 3.8) is 0 Å². The van der Waals surface area contributed by atoms with Crippen LogP contribution in [0.2, 0.25) is 0 Å². The molecular weight excluding hydrogens is 378 g/mol. The molecule has 1 unspecified atom stereocenters. The van der Waals surface area contributed by atoms with Gasteiger partial charge in [0.15, 0.2) is 6.10 Å². The molecule has 5 nitrogen and oxygen atoms in total. The van der Waals surface area contributed by atoms with Crippen molar-refractivity contribution in [1.82, 2.24) is 0 Å². The minimum Gasteiger partial charge on any atom is -0.457 e. The average molecular weight is 389 g/mol. The maximum atomic E-state index is 14.0. The molecule has 0 aliphatic carbocycles. The molecule has 0 radical (unpaired) electrons. The summed E-state index contributed by atoms with van der Waals surface area (Å²) in [7, 11) is -4.80. The van der Waals surface area contributed by atoms with Crippen molar-refractivity contribution in [1.29, 1.82) is 5.26 Å². The van der Waals surface area contributed by atoms with Crippen molar-refractivity contribution in [3.8, 4) is 17.6 Å². The lowest BCUT2D eigenvalue weighted by Crippen LogP contribution is -2.26. The first kappa shape index (κ1) is 18.5. The molecule has 138 valence electrons. The first-order chi connectivity index (χ1) is 12.1. The highest BCUT2D eigenvalue weighted by molar-refractivity contribution is 8.25. The SMILES string of the molecule is N#Cc1cccc(Oc2ccc3c(c2C(F)F)C(O)C(F)(F)S3(O)O)c1. The van der Waals surface area contributed by atoms with Crippen molar-refractivity contribution >= 4 is 10.6 Å². The number of alkyl halides is 4. The number of nitrogens with zero attached hydrogens (tertiary/aromatic N) is 1. The van der Waals surface area contributed by atoms with Gasteiger partial charge in [0.25, 0.3) is 6.43 Å². The zero-order chi connectivity index (χ0) is 19.3. The zero-order valence-electron chi connectivity index (χ0n) is 12.7. The lowest BCUT2D eigenvalue weighted by molar-refractivity contribution is -0.0448. The van der Waals surface area contributed by atoms with E-state index < -0.39 is 50.1 Å². The third kappa shape index (κ3) is 2.60. The summed E-state index contributed by atoms with van der Waals surface area (Å²) in [5.41, 5.74) is -1.84. The van der Waals surface area contributed by atoms with Gasteiger partial charge < -0.3 is 9.84 Å². The molecule has 0 saturated heterocycles. The van der Waals surface area contributed by atoms with Crippen LogP contribution in [0.3, 0.4) is 0 Å². The van der Waals surface area contributed by atoms with Gasteiger partial charge in [-0.25, -0.2) is 8.78 Å².